The molecular formula is C13H16ClN3O4. The molecule has 7 nitrogen and oxygen atoms in total. The van der Waals surface area contributed by atoms with Gasteiger partial charge in [0.1, 0.15) is 0 Å². The van der Waals surface area contributed by atoms with Gasteiger partial charge in [0.05, 0.1) is 34.9 Å². The Balaban J connectivity index is 2.03. The number of morpholine rings is 1. The summed E-state index contributed by atoms with van der Waals surface area (Å²) in [5.74, 6) is -0.201. The van der Waals surface area contributed by atoms with E-state index in [0.717, 1.165) is 0 Å². The van der Waals surface area contributed by atoms with Crippen LogP contribution in [0, 0.1) is 10.1 Å². The number of nitrogens with one attached hydrogen (secondary N) is 1. The van der Waals surface area contributed by atoms with Gasteiger partial charge >= 0.3 is 0 Å². The summed E-state index contributed by atoms with van der Waals surface area (Å²) in [6, 6.07) is 3.64. The molecule has 0 spiro atoms. The van der Waals surface area contributed by atoms with Crippen molar-refractivity contribution in [1.82, 2.24) is 4.90 Å². The molecule has 8 heteroatoms. The van der Waals surface area contributed by atoms with E-state index in [0.29, 0.717) is 32.0 Å². The summed E-state index contributed by atoms with van der Waals surface area (Å²) in [5, 5.41) is 13.5. The molecular weight excluding hydrogens is 298 g/mol. The van der Waals surface area contributed by atoms with Crippen LogP contribution < -0.4 is 5.32 Å². The van der Waals surface area contributed by atoms with Crippen molar-refractivity contribution in [2.45, 2.75) is 13.0 Å². The summed E-state index contributed by atoms with van der Waals surface area (Å²) < 4.78 is 5.24. The van der Waals surface area contributed by atoms with Gasteiger partial charge in [-0.15, -0.1) is 0 Å². The van der Waals surface area contributed by atoms with Crippen molar-refractivity contribution >= 4 is 28.9 Å². The summed E-state index contributed by atoms with van der Waals surface area (Å²) in [5.41, 5.74) is 0.256. The zero-order valence-electron chi connectivity index (χ0n) is 11.5. The second-order valence-corrected chi connectivity index (χ2v) is 5.14. The molecule has 1 aliphatic rings. The third-order valence-electron chi connectivity index (χ3n) is 3.39. The van der Waals surface area contributed by atoms with Crippen molar-refractivity contribution in [3.63, 3.8) is 0 Å². The number of carbonyl (C=O) groups is 1. The van der Waals surface area contributed by atoms with Gasteiger partial charge in [-0.2, -0.15) is 0 Å². The van der Waals surface area contributed by atoms with Crippen LogP contribution in [0.15, 0.2) is 18.2 Å². The summed E-state index contributed by atoms with van der Waals surface area (Å²) >= 11 is 5.96. The second-order valence-electron chi connectivity index (χ2n) is 4.73. The van der Waals surface area contributed by atoms with Crippen molar-refractivity contribution in [1.29, 1.82) is 0 Å². The number of anilines is 1. The zero-order valence-corrected chi connectivity index (χ0v) is 12.3. The molecule has 0 radical (unpaired) electrons. The molecule has 21 heavy (non-hydrogen) atoms. The zero-order chi connectivity index (χ0) is 15.4. The van der Waals surface area contributed by atoms with E-state index < -0.39 is 4.92 Å². The van der Waals surface area contributed by atoms with Crippen LogP contribution in [-0.4, -0.2) is 48.1 Å². The average Bonchev–Trinajstić information content (AvgIpc) is 2.49. The van der Waals surface area contributed by atoms with Crippen LogP contribution in [0.25, 0.3) is 0 Å². The Hall–Kier alpha value is -1.70. The van der Waals surface area contributed by atoms with Gasteiger partial charge < -0.3 is 10.1 Å². The topological polar surface area (TPSA) is 84.7 Å². The third-order valence-corrected chi connectivity index (χ3v) is 3.71. The molecule has 1 heterocycles. The highest BCUT2D eigenvalue weighted by molar-refractivity contribution is 6.34. The van der Waals surface area contributed by atoms with Crippen LogP contribution >= 0.6 is 11.6 Å². The fraction of sp³-hybridized carbons (Fsp3) is 0.462. The number of hydrogen-bond acceptors (Lipinski definition) is 5. The van der Waals surface area contributed by atoms with Gasteiger partial charge in [0.25, 0.3) is 5.69 Å². The van der Waals surface area contributed by atoms with E-state index in [-0.39, 0.29) is 22.7 Å². The minimum absolute atomic E-state index is 0.112. The lowest BCUT2D eigenvalue weighted by Gasteiger charge is -2.31. The van der Waals surface area contributed by atoms with Gasteiger partial charge in [0, 0.05) is 25.2 Å². The standard InChI is InChI=1S/C13H16ClN3O4/c1-9(16-4-6-21-7-5-16)13(18)15-12-3-2-10(17(19)20)8-11(12)14/h2-3,8-9H,4-7H2,1H3,(H,15,18). The van der Waals surface area contributed by atoms with Crippen molar-refractivity contribution < 1.29 is 14.5 Å². The molecule has 0 saturated carbocycles. The Bertz CT molecular complexity index is 546. The second kappa shape index (κ2) is 6.84. The largest absolute Gasteiger partial charge is 0.379 e. The van der Waals surface area contributed by atoms with Crippen LogP contribution in [0.4, 0.5) is 11.4 Å². The van der Waals surface area contributed by atoms with Gasteiger partial charge in [-0.1, -0.05) is 11.6 Å². The van der Waals surface area contributed by atoms with Crippen molar-refractivity contribution in [3.8, 4) is 0 Å². The lowest BCUT2D eigenvalue weighted by atomic mass is 10.2. The van der Waals surface area contributed by atoms with E-state index in [4.69, 9.17) is 16.3 Å². The molecule has 1 unspecified atom stereocenters. The first-order chi connectivity index (χ1) is 9.99. The molecule has 114 valence electrons. The van der Waals surface area contributed by atoms with E-state index in [1.165, 1.54) is 18.2 Å². The minimum atomic E-state index is -0.534. The predicted octanol–water partition coefficient (Wildman–Crippen LogP) is 1.91. The molecule has 1 fully saturated rings. The Morgan fingerprint density at radius 1 is 1.48 bits per heavy atom. The molecule has 0 bridgehead atoms. The average molecular weight is 314 g/mol. The van der Waals surface area contributed by atoms with Gasteiger partial charge in [-0.25, -0.2) is 0 Å². The number of nitrogens with zero attached hydrogens (tertiary/aromatic N) is 2. The number of ether oxygens (including phenoxy) is 1. The molecule has 1 N–H and O–H groups in total. The van der Waals surface area contributed by atoms with Crippen LogP contribution in [0.3, 0.4) is 0 Å². The maximum Gasteiger partial charge on any atom is 0.271 e. The van der Waals surface area contributed by atoms with E-state index in [2.05, 4.69) is 5.32 Å². The normalized spacial score (nSPS) is 17.2. The summed E-state index contributed by atoms with van der Waals surface area (Å²) in [4.78, 5) is 24.3. The number of non-ortho nitro benzene ring substituents is 1. The van der Waals surface area contributed by atoms with Crippen LogP contribution in [0.2, 0.25) is 5.02 Å². The number of amides is 1. The minimum Gasteiger partial charge on any atom is -0.379 e. The lowest BCUT2D eigenvalue weighted by molar-refractivity contribution is -0.384. The fourth-order valence-corrected chi connectivity index (χ4v) is 2.31. The van der Waals surface area contributed by atoms with Crippen LogP contribution in [0.5, 0.6) is 0 Å². The fourth-order valence-electron chi connectivity index (χ4n) is 2.09. The number of hydrogen-bond donors (Lipinski definition) is 1. The first kappa shape index (κ1) is 15.7. The quantitative estimate of drug-likeness (QED) is 0.678. The summed E-state index contributed by atoms with van der Waals surface area (Å²) in [6.45, 7) is 4.41. The number of nitro groups is 1. The van der Waals surface area contributed by atoms with Gasteiger partial charge in [-0.3, -0.25) is 19.8 Å². The Morgan fingerprint density at radius 3 is 2.71 bits per heavy atom. The molecule has 2 rings (SSSR count). The monoisotopic (exact) mass is 313 g/mol. The maximum atomic E-state index is 12.2. The van der Waals surface area contributed by atoms with E-state index in [1.807, 2.05) is 4.90 Å². The molecule has 1 aromatic rings. The molecule has 1 atom stereocenters. The van der Waals surface area contributed by atoms with E-state index >= 15 is 0 Å². The number of carbonyl (C=O) groups excluding carboxylic acids is 1. The molecule has 0 aromatic heterocycles. The molecule has 1 aromatic carbocycles. The highest BCUT2D eigenvalue weighted by Gasteiger charge is 2.23. The number of nitro benzene ring substituents is 1. The predicted molar refractivity (Wildman–Crippen MR) is 78.6 cm³/mol. The van der Waals surface area contributed by atoms with Crippen molar-refractivity contribution in [3.05, 3.63) is 33.3 Å². The first-order valence-electron chi connectivity index (χ1n) is 6.55. The lowest BCUT2D eigenvalue weighted by Crippen LogP contribution is -2.47. The Morgan fingerprint density at radius 2 is 2.14 bits per heavy atom. The summed E-state index contributed by atoms with van der Waals surface area (Å²) in [6.07, 6.45) is 0. The Labute approximate surface area is 127 Å². The summed E-state index contributed by atoms with van der Waals surface area (Å²) in [7, 11) is 0. The highest BCUT2D eigenvalue weighted by atomic mass is 35.5. The maximum absolute atomic E-state index is 12.2. The Kier molecular flexibility index (Phi) is 5.11. The third kappa shape index (κ3) is 3.90. The van der Waals surface area contributed by atoms with Crippen molar-refractivity contribution in [2.75, 3.05) is 31.6 Å². The molecule has 1 amide bonds. The molecule has 1 aliphatic heterocycles. The van der Waals surface area contributed by atoms with E-state index in [1.54, 1.807) is 6.92 Å². The number of halogens is 1. The van der Waals surface area contributed by atoms with Gasteiger partial charge in [0.2, 0.25) is 5.91 Å². The molecule has 0 aliphatic carbocycles. The molecule has 1 saturated heterocycles. The van der Waals surface area contributed by atoms with E-state index in [9.17, 15) is 14.9 Å². The van der Waals surface area contributed by atoms with Crippen LogP contribution in [-0.2, 0) is 9.53 Å². The number of benzene rings is 1. The van der Waals surface area contributed by atoms with Crippen molar-refractivity contribution in [2.24, 2.45) is 0 Å². The SMILES string of the molecule is CC(C(=O)Nc1ccc([N+](=O)[O-])cc1Cl)N1CCOCC1. The highest BCUT2D eigenvalue weighted by Crippen LogP contribution is 2.26. The van der Waals surface area contributed by atoms with Gasteiger partial charge in [-0.05, 0) is 13.0 Å². The van der Waals surface area contributed by atoms with Gasteiger partial charge in [0.15, 0.2) is 0 Å². The number of rotatable bonds is 4. The smallest absolute Gasteiger partial charge is 0.271 e. The van der Waals surface area contributed by atoms with Crippen LogP contribution in [0.1, 0.15) is 6.92 Å². The first-order valence-corrected chi connectivity index (χ1v) is 6.93.